The lowest BCUT2D eigenvalue weighted by molar-refractivity contribution is -0.117. The van der Waals surface area contributed by atoms with Crippen molar-refractivity contribution in [1.82, 2.24) is 14.7 Å². The Morgan fingerprint density at radius 1 is 1.09 bits per heavy atom. The van der Waals surface area contributed by atoms with Gasteiger partial charge in [0.05, 0.1) is 0 Å². The summed E-state index contributed by atoms with van der Waals surface area (Å²) < 4.78 is 26.5. The molecule has 0 aromatic heterocycles. The molecule has 0 bridgehead atoms. The fourth-order valence-electron chi connectivity index (χ4n) is 3.38. The Balaban J connectivity index is 0.000000529. The second-order valence-corrected chi connectivity index (χ2v) is 8.80. The Bertz CT molecular complexity index is 659. The van der Waals surface area contributed by atoms with Crippen LogP contribution in [-0.4, -0.2) is 72.8 Å². The number of hydrogen-bond donors (Lipinski definition) is 0. The Kier molecular flexibility index (Phi) is 14.7. The molecule has 0 saturated carbocycles. The van der Waals surface area contributed by atoms with Crippen molar-refractivity contribution in [3.8, 4) is 0 Å². The van der Waals surface area contributed by atoms with Crippen LogP contribution in [0, 0.1) is 11.6 Å². The number of amides is 2. The predicted octanol–water partition coefficient (Wildman–Crippen LogP) is 4.91. The molecule has 2 saturated heterocycles. The number of benzene rings is 1. The van der Waals surface area contributed by atoms with Gasteiger partial charge in [0.1, 0.15) is 11.6 Å². The predicted molar refractivity (Wildman–Crippen MR) is 128 cm³/mol. The van der Waals surface area contributed by atoms with Crippen molar-refractivity contribution in [3.63, 3.8) is 0 Å². The first-order chi connectivity index (χ1) is 15.1. The number of carbonyl (C=O) groups excluding carboxylic acids is 2. The van der Waals surface area contributed by atoms with Gasteiger partial charge in [0.25, 0.3) is 0 Å². The van der Waals surface area contributed by atoms with Gasteiger partial charge in [-0.2, -0.15) is 0 Å². The summed E-state index contributed by atoms with van der Waals surface area (Å²) in [6, 6.07) is 3.91. The fourth-order valence-corrected chi connectivity index (χ4v) is 3.38. The minimum Gasteiger partial charge on any atom is -0.349 e. The van der Waals surface area contributed by atoms with Gasteiger partial charge in [0.15, 0.2) is 0 Å². The summed E-state index contributed by atoms with van der Waals surface area (Å²) in [7, 11) is 1.74. The van der Waals surface area contributed by atoms with E-state index in [-0.39, 0.29) is 11.5 Å². The molecule has 1 unspecified atom stereocenters. The third-order valence-corrected chi connectivity index (χ3v) is 5.51. The maximum absolute atomic E-state index is 13.7. The molecule has 1 aromatic rings. The molecule has 0 N–H and O–H groups in total. The van der Waals surface area contributed by atoms with Crippen LogP contribution in [0.15, 0.2) is 18.2 Å². The molecule has 184 valence electrons. The van der Waals surface area contributed by atoms with Crippen LogP contribution in [0.3, 0.4) is 0 Å². The van der Waals surface area contributed by atoms with Gasteiger partial charge in [0, 0.05) is 50.7 Å². The number of carbonyl (C=O) groups is 2. The molecule has 1 atom stereocenters. The van der Waals surface area contributed by atoms with Crippen LogP contribution >= 0.6 is 0 Å². The van der Waals surface area contributed by atoms with E-state index in [1.807, 2.05) is 20.8 Å². The molecule has 2 aliphatic heterocycles. The summed E-state index contributed by atoms with van der Waals surface area (Å²) in [5.41, 5.74) is 0.767. The standard InChI is InChI=1S/C14H19F2N.C5H9NO.C4H9NO.C2H6/c1-14(2,3)17-7-6-10(9-17)12-5-4-11(15)8-13(12)16;7-5-6-3-1-2-4-6;1-3-5(2)4-6;1-2/h4-5,8,10H,6-7,9H2,1-3H3;5H,1-4H2;4H,3H2,1-2H3;1-2H3. The second-order valence-electron chi connectivity index (χ2n) is 8.80. The lowest BCUT2D eigenvalue weighted by Crippen LogP contribution is -2.39. The Morgan fingerprint density at radius 2 is 1.69 bits per heavy atom. The molecule has 0 radical (unpaired) electrons. The average Bonchev–Trinajstić information content (AvgIpc) is 3.47. The van der Waals surface area contributed by atoms with Crippen LogP contribution < -0.4 is 0 Å². The Labute approximate surface area is 193 Å². The number of halogens is 2. The van der Waals surface area contributed by atoms with Crippen molar-refractivity contribution >= 4 is 12.8 Å². The van der Waals surface area contributed by atoms with Crippen LogP contribution in [0.2, 0.25) is 0 Å². The fraction of sp³-hybridized carbons (Fsp3) is 0.680. The summed E-state index contributed by atoms with van der Waals surface area (Å²) in [6.45, 7) is 17.0. The van der Waals surface area contributed by atoms with Crippen LogP contribution in [0.1, 0.15) is 72.3 Å². The summed E-state index contributed by atoms with van der Waals surface area (Å²) >= 11 is 0. The van der Waals surface area contributed by atoms with E-state index in [9.17, 15) is 18.4 Å². The van der Waals surface area contributed by atoms with Crippen molar-refractivity contribution in [1.29, 1.82) is 0 Å². The zero-order valence-corrected chi connectivity index (χ0v) is 21.0. The van der Waals surface area contributed by atoms with Crippen molar-refractivity contribution in [2.75, 3.05) is 39.8 Å². The lowest BCUT2D eigenvalue weighted by atomic mass is 9.97. The van der Waals surface area contributed by atoms with Gasteiger partial charge in [-0.15, -0.1) is 0 Å². The lowest BCUT2D eigenvalue weighted by Gasteiger charge is -2.31. The minimum atomic E-state index is -0.503. The number of hydrogen-bond acceptors (Lipinski definition) is 3. The normalized spacial score (nSPS) is 17.8. The maximum Gasteiger partial charge on any atom is 0.209 e. The molecule has 2 aliphatic rings. The number of nitrogens with zero attached hydrogens (tertiary/aromatic N) is 3. The van der Waals surface area contributed by atoms with E-state index in [0.717, 1.165) is 58.0 Å². The molecular weight excluding hydrogens is 412 g/mol. The van der Waals surface area contributed by atoms with Gasteiger partial charge >= 0.3 is 0 Å². The highest BCUT2D eigenvalue weighted by Crippen LogP contribution is 2.32. The third-order valence-electron chi connectivity index (χ3n) is 5.51. The van der Waals surface area contributed by atoms with Crippen molar-refractivity contribution in [2.45, 2.75) is 72.3 Å². The van der Waals surface area contributed by atoms with E-state index >= 15 is 0 Å². The highest BCUT2D eigenvalue weighted by atomic mass is 19.1. The van der Waals surface area contributed by atoms with Gasteiger partial charge in [-0.3, -0.25) is 14.5 Å². The highest BCUT2D eigenvalue weighted by Gasteiger charge is 2.32. The summed E-state index contributed by atoms with van der Waals surface area (Å²) in [5.74, 6) is -0.725. The molecule has 2 fully saturated rings. The first-order valence-electron chi connectivity index (χ1n) is 11.7. The largest absolute Gasteiger partial charge is 0.349 e. The van der Waals surface area contributed by atoms with Crippen LogP contribution in [-0.2, 0) is 9.59 Å². The van der Waals surface area contributed by atoms with Gasteiger partial charge in [-0.25, -0.2) is 8.78 Å². The molecule has 7 heteroatoms. The summed E-state index contributed by atoms with van der Waals surface area (Å²) in [4.78, 5) is 25.3. The van der Waals surface area contributed by atoms with Crippen LogP contribution in [0.5, 0.6) is 0 Å². The molecule has 2 amide bonds. The third kappa shape index (κ3) is 11.0. The topological polar surface area (TPSA) is 43.9 Å². The van der Waals surface area contributed by atoms with Gasteiger partial charge < -0.3 is 9.80 Å². The molecule has 0 aliphatic carbocycles. The molecule has 0 spiro atoms. The average molecular weight is 456 g/mol. The van der Waals surface area contributed by atoms with Gasteiger partial charge in [0.2, 0.25) is 12.8 Å². The molecule has 2 heterocycles. The quantitative estimate of drug-likeness (QED) is 0.606. The first-order valence-corrected chi connectivity index (χ1v) is 11.7. The van der Waals surface area contributed by atoms with Crippen LogP contribution in [0.25, 0.3) is 0 Å². The first kappa shape index (κ1) is 30.0. The zero-order chi connectivity index (χ0) is 24.7. The van der Waals surface area contributed by atoms with E-state index in [4.69, 9.17) is 0 Å². The monoisotopic (exact) mass is 455 g/mol. The molecule has 3 rings (SSSR count). The van der Waals surface area contributed by atoms with Crippen molar-refractivity contribution in [3.05, 3.63) is 35.4 Å². The zero-order valence-electron chi connectivity index (χ0n) is 21.0. The van der Waals surface area contributed by atoms with E-state index in [1.165, 1.54) is 18.9 Å². The van der Waals surface area contributed by atoms with Crippen molar-refractivity contribution in [2.24, 2.45) is 0 Å². The Morgan fingerprint density at radius 3 is 2.03 bits per heavy atom. The smallest absolute Gasteiger partial charge is 0.209 e. The number of likely N-dealkylation sites (tertiary alicyclic amines) is 2. The molecule has 5 nitrogen and oxygen atoms in total. The van der Waals surface area contributed by atoms with Crippen molar-refractivity contribution < 1.29 is 18.4 Å². The molecular formula is C25H43F2N3O2. The molecule has 1 aromatic carbocycles. The van der Waals surface area contributed by atoms with Crippen LogP contribution in [0.4, 0.5) is 8.78 Å². The Hall–Kier alpha value is -2.02. The minimum absolute atomic E-state index is 0.116. The maximum atomic E-state index is 13.7. The molecule has 32 heavy (non-hydrogen) atoms. The SMILES string of the molecule is CC.CC(C)(C)N1CCC(c2ccc(F)cc2F)C1.CCN(C)C=O.O=CN1CCCC1. The van der Waals surface area contributed by atoms with E-state index in [1.54, 1.807) is 22.9 Å². The van der Waals surface area contributed by atoms with E-state index < -0.39 is 11.6 Å². The van der Waals surface area contributed by atoms with E-state index in [0.29, 0.717) is 5.56 Å². The summed E-state index contributed by atoms with van der Waals surface area (Å²) in [6.07, 6.45) is 5.06. The highest BCUT2D eigenvalue weighted by molar-refractivity contribution is 5.47. The van der Waals surface area contributed by atoms with Gasteiger partial charge in [-0.05, 0) is 65.1 Å². The van der Waals surface area contributed by atoms with Gasteiger partial charge in [-0.1, -0.05) is 19.9 Å². The second kappa shape index (κ2) is 15.7. The number of rotatable bonds is 4. The van der Waals surface area contributed by atoms with E-state index in [2.05, 4.69) is 25.7 Å². The summed E-state index contributed by atoms with van der Waals surface area (Å²) in [5, 5.41) is 0.